The lowest BCUT2D eigenvalue weighted by atomic mass is 9.96. The molecule has 2 aromatic carbocycles. The summed E-state index contributed by atoms with van der Waals surface area (Å²) < 4.78 is 0. The van der Waals surface area contributed by atoms with E-state index < -0.39 is 0 Å². The van der Waals surface area contributed by atoms with E-state index in [-0.39, 0.29) is 11.8 Å². The zero-order chi connectivity index (χ0) is 14.8. The molecular formula is C18H15NO2. The number of amides is 2. The second-order valence-corrected chi connectivity index (χ2v) is 4.84. The maximum atomic E-state index is 12.6. The van der Waals surface area contributed by atoms with E-state index in [4.69, 9.17) is 0 Å². The fourth-order valence-electron chi connectivity index (χ4n) is 2.61. The predicted octanol–water partition coefficient (Wildman–Crippen LogP) is 2.99. The van der Waals surface area contributed by atoms with Gasteiger partial charge in [-0.1, -0.05) is 60.7 Å². The van der Waals surface area contributed by atoms with E-state index in [2.05, 4.69) is 0 Å². The third-order valence-corrected chi connectivity index (χ3v) is 3.61. The Hall–Kier alpha value is -2.68. The summed E-state index contributed by atoms with van der Waals surface area (Å²) in [4.78, 5) is 26.5. The van der Waals surface area contributed by atoms with Crippen LogP contribution in [0.5, 0.6) is 0 Å². The first-order chi connectivity index (χ1) is 10.2. The van der Waals surface area contributed by atoms with Crippen molar-refractivity contribution in [1.82, 2.24) is 4.90 Å². The van der Waals surface area contributed by atoms with Gasteiger partial charge in [0.25, 0.3) is 11.8 Å². The third-order valence-electron chi connectivity index (χ3n) is 3.61. The molecule has 0 N–H and O–H groups in total. The lowest BCUT2D eigenvalue weighted by molar-refractivity contribution is -0.135. The first-order valence-corrected chi connectivity index (χ1v) is 6.95. The van der Waals surface area contributed by atoms with Gasteiger partial charge >= 0.3 is 0 Å². The largest absolute Gasteiger partial charge is 0.275 e. The average Bonchev–Trinajstić information content (AvgIpc) is 2.79. The van der Waals surface area contributed by atoms with Crippen LogP contribution in [0.2, 0.25) is 0 Å². The van der Waals surface area contributed by atoms with Gasteiger partial charge < -0.3 is 0 Å². The van der Waals surface area contributed by atoms with Gasteiger partial charge in [0.15, 0.2) is 0 Å². The van der Waals surface area contributed by atoms with Gasteiger partial charge in [-0.3, -0.25) is 14.5 Å². The Balaban J connectivity index is 2.24. The van der Waals surface area contributed by atoms with Gasteiger partial charge in [-0.15, -0.1) is 0 Å². The number of hydrogen-bond acceptors (Lipinski definition) is 2. The Morgan fingerprint density at radius 1 is 0.714 bits per heavy atom. The summed E-state index contributed by atoms with van der Waals surface area (Å²) in [6, 6.07) is 18.7. The molecule has 0 spiro atoms. The van der Waals surface area contributed by atoms with Crippen molar-refractivity contribution in [2.45, 2.75) is 6.92 Å². The lowest BCUT2D eigenvalue weighted by Crippen LogP contribution is -2.31. The molecule has 2 amide bonds. The molecule has 0 aromatic heterocycles. The van der Waals surface area contributed by atoms with Crippen LogP contribution in [-0.4, -0.2) is 23.3 Å². The van der Waals surface area contributed by atoms with Gasteiger partial charge in [-0.2, -0.15) is 0 Å². The molecule has 0 unspecified atom stereocenters. The summed E-state index contributed by atoms with van der Waals surface area (Å²) in [6.45, 7) is 2.19. The minimum absolute atomic E-state index is 0.215. The first kappa shape index (κ1) is 13.3. The quantitative estimate of drug-likeness (QED) is 0.809. The van der Waals surface area contributed by atoms with Crippen molar-refractivity contribution in [2.75, 3.05) is 6.54 Å². The van der Waals surface area contributed by atoms with Gasteiger partial charge in [0.1, 0.15) is 0 Å². The van der Waals surface area contributed by atoms with Crippen LogP contribution in [0.4, 0.5) is 0 Å². The number of carbonyl (C=O) groups is 2. The van der Waals surface area contributed by atoms with Crippen molar-refractivity contribution in [3.05, 3.63) is 71.8 Å². The summed E-state index contributed by atoms with van der Waals surface area (Å²) in [5, 5.41) is 0. The molecule has 1 aliphatic rings. The smallest absolute Gasteiger partial charge is 0.262 e. The highest BCUT2D eigenvalue weighted by atomic mass is 16.2. The highest BCUT2D eigenvalue weighted by Crippen LogP contribution is 2.35. The van der Waals surface area contributed by atoms with E-state index in [0.29, 0.717) is 17.7 Å². The summed E-state index contributed by atoms with van der Waals surface area (Å²) >= 11 is 0. The topological polar surface area (TPSA) is 37.4 Å². The predicted molar refractivity (Wildman–Crippen MR) is 82.1 cm³/mol. The normalized spacial score (nSPS) is 15.0. The number of hydrogen-bond donors (Lipinski definition) is 0. The van der Waals surface area contributed by atoms with Crippen molar-refractivity contribution in [3.63, 3.8) is 0 Å². The summed E-state index contributed by atoms with van der Waals surface area (Å²) in [5.74, 6) is -0.430. The fourth-order valence-corrected chi connectivity index (χ4v) is 2.61. The SMILES string of the molecule is CCN1C(=O)C(c2ccccc2)=C(c2ccccc2)C1=O. The molecule has 0 bridgehead atoms. The van der Waals surface area contributed by atoms with Crippen LogP contribution in [0.15, 0.2) is 60.7 Å². The van der Waals surface area contributed by atoms with Crippen molar-refractivity contribution >= 4 is 23.0 Å². The number of imide groups is 1. The molecule has 1 heterocycles. The molecule has 2 aromatic rings. The summed E-state index contributed by atoms with van der Waals surface area (Å²) in [7, 11) is 0. The van der Waals surface area contributed by atoms with Gasteiger partial charge in [0, 0.05) is 6.54 Å². The molecule has 0 saturated heterocycles. The first-order valence-electron chi connectivity index (χ1n) is 6.95. The van der Waals surface area contributed by atoms with E-state index in [1.54, 1.807) is 0 Å². The fraction of sp³-hybridized carbons (Fsp3) is 0.111. The Morgan fingerprint density at radius 2 is 1.10 bits per heavy atom. The molecule has 3 heteroatoms. The maximum Gasteiger partial charge on any atom is 0.262 e. The highest BCUT2D eigenvalue weighted by molar-refractivity contribution is 6.48. The van der Waals surface area contributed by atoms with E-state index in [9.17, 15) is 9.59 Å². The minimum atomic E-state index is -0.215. The Kier molecular flexibility index (Phi) is 3.40. The summed E-state index contributed by atoms with van der Waals surface area (Å²) in [6.07, 6.45) is 0. The number of rotatable bonds is 3. The standard InChI is InChI=1S/C18H15NO2/c1-2-19-17(20)15(13-9-5-3-6-10-13)16(18(19)21)14-11-7-4-8-12-14/h3-12H,2H2,1H3. The number of carbonyl (C=O) groups excluding carboxylic acids is 2. The van der Waals surface area contributed by atoms with Gasteiger partial charge in [0.2, 0.25) is 0 Å². The van der Waals surface area contributed by atoms with Gasteiger partial charge in [-0.25, -0.2) is 0 Å². The van der Waals surface area contributed by atoms with Crippen LogP contribution in [0.3, 0.4) is 0 Å². The van der Waals surface area contributed by atoms with Crippen LogP contribution in [0.1, 0.15) is 18.1 Å². The van der Waals surface area contributed by atoms with Crippen LogP contribution in [-0.2, 0) is 9.59 Å². The van der Waals surface area contributed by atoms with Crippen molar-refractivity contribution in [2.24, 2.45) is 0 Å². The van der Waals surface area contributed by atoms with Crippen LogP contribution in [0.25, 0.3) is 11.1 Å². The van der Waals surface area contributed by atoms with Crippen molar-refractivity contribution < 1.29 is 9.59 Å². The molecule has 3 nitrogen and oxygen atoms in total. The summed E-state index contributed by atoms with van der Waals surface area (Å²) in [5.41, 5.74) is 2.55. The minimum Gasteiger partial charge on any atom is -0.275 e. The number of benzene rings is 2. The highest BCUT2D eigenvalue weighted by Gasteiger charge is 2.38. The van der Waals surface area contributed by atoms with Crippen molar-refractivity contribution in [1.29, 1.82) is 0 Å². The molecule has 104 valence electrons. The molecular weight excluding hydrogens is 262 g/mol. The van der Waals surface area contributed by atoms with Gasteiger partial charge in [-0.05, 0) is 18.1 Å². The molecule has 0 aliphatic carbocycles. The second kappa shape index (κ2) is 5.37. The van der Waals surface area contributed by atoms with Crippen LogP contribution in [0, 0.1) is 0 Å². The Morgan fingerprint density at radius 3 is 1.43 bits per heavy atom. The van der Waals surface area contributed by atoms with Gasteiger partial charge in [0.05, 0.1) is 11.1 Å². The van der Waals surface area contributed by atoms with E-state index in [0.717, 1.165) is 11.1 Å². The molecule has 0 atom stereocenters. The lowest BCUT2D eigenvalue weighted by Gasteiger charge is -2.11. The molecule has 1 aliphatic heterocycles. The second-order valence-electron chi connectivity index (χ2n) is 4.84. The molecule has 3 rings (SSSR count). The molecule has 0 saturated carbocycles. The average molecular weight is 277 g/mol. The molecule has 0 fully saturated rings. The molecule has 0 radical (unpaired) electrons. The molecule has 21 heavy (non-hydrogen) atoms. The maximum absolute atomic E-state index is 12.6. The Labute approximate surface area is 123 Å². The number of nitrogens with zero attached hydrogens (tertiary/aromatic N) is 1. The number of likely N-dealkylation sites (N-methyl/N-ethyl adjacent to an activating group) is 1. The van der Waals surface area contributed by atoms with Crippen LogP contribution < -0.4 is 0 Å². The van der Waals surface area contributed by atoms with E-state index in [1.807, 2.05) is 67.6 Å². The van der Waals surface area contributed by atoms with E-state index >= 15 is 0 Å². The zero-order valence-electron chi connectivity index (χ0n) is 11.7. The van der Waals surface area contributed by atoms with Crippen molar-refractivity contribution in [3.8, 4) is 0 Å². The zero-order valence-corrected chi connectivity index (χ0v) is 11.7. The monoisotopic (exact) mass is 277 g/mol. The van der Waals surface area contributed by atoms with Crippen LogP contribution >= 0.6 is 0 Å². The van der Waals surface area contributed by atoms with E-state index in [1.165, 1.54) is 4.90 Å². The Bertz CT molecular complexity index is 656. The third kappa shape index (κ3) is 2.17.